The minimum Gasteiger partial charge on any atom is -0.325 e. The number of halogens is 2. The maximum atomic E-state index is 11.8. The summed E-state index contributed by atoms with van der Waals surface area (Å²) in [5.41, 5.74) is 6.39. The summed E-state index contributed by atoms with van der Waals surface area (Å²) in [6.07, 6.45) is 3.12. The molecule has 0 aliphatic heterocycles. The molecule has 1 saturated carbocycles. The van der Waals surface area contributed by atoms with Crippen molar-refractivity contribution in [2.24, 2.45) is 11.7 Å². The van der Waals surface area contributed by atoms with Crippen molar-refractivity contribution in [2.75, 3.05) is 5.32 Å². The Labute approximate surface area is 110 Å². The standard InChI is InChI=1S/C12H14Cl2N2O/c13-8-4-9(14)6-10(5-8)16-12(17)11(15)3-7-1-2-7/h4-7,11H,1-3,15H2,(H,16,17). The van der Waals surface area contributed by atoms with Gasteiger partial charge in [0.25, 0.3) is 0 Å². The lowest BCUT2D eigenvalue weighted by atomic mass is 10.1. The number of benzene rings is 1. The summed E-state index contributed by atoms with van der Waals surface area (Å²) >= 11 is 11.7. The van der Waals surface area contributed by atoms with Crippen LogP contribution in [0.3, 0.4) is 0 Å². The van der Waals surface area contributed by atoms with Gasteiger partial charge in [-0.2, -0.15) is 0 Å². The fourth-order valence-corrected chi connectivity index (χ4v) is 2.21. The first-order chi connectivity index (χ1) is 8.04. The highest BCUT2D eigenvalue weighted by molar-refractivity contribution is 6.35. The molecule has 3 nitrogen and oxygen atoms in total. The number of carbonyl (C=O) groups excluding carboxylic acids is 1. The average molecular weight is 273 g/mol. The summed E-state index contributed by atoms with van der Waals surface area (Å²) in [5, 5.41) is 3.70. The number of rotatable bonds is 4. The van der Waals surface area contributed by atoms with E-state index in [4.69, 9.17) is 28.9 Å². The molecular formula is C12H14Cl2N2O. The normalized spacial score (nSPS) is 16.6. The maximum absolute atomic E-state index is 11.8. The van der Waals surface area contributed by atoms with Gasteiger partial charge in [0.05, 0.1) is 6.04 Å². The first-order valence-corrected chi connectivity index (χ1v) is 6.33. The van der Waals surface area contributed by atoms with Crippen LogP contribution >= 0.6 is 23.2 Å². The van der Waals surface area contributed by atoms with Crippen molar-refractivity contribution in [1.29, 1.82) is 0 Å². The van der Waals surface area contributed by atoms with E-state index in [1.165, 1.54) is 12.8 Å². The van der Waals surface area contributed by atoms with E-state index < -0.39 is 6.04 Å². The van der Waals surface area contributed by atoms with Crippen molar-refractivity contribution in [3.05, 3.63) is 28.2 Å². The van der Waals surface area contributed by atoms with Gasteiger partial charge in [-0.3, -0.25) is 4.79 Å². The highest BCUT2D eigenvalue weighted by Gasteiger charge is 2.27. The van der Waals surface area contributed by atoms with Crippen LogP contribution in [-0.2, 0) is 4.79 Å². The Balaban J connectivity index is 1.96. The Morgan fingerprint density at radius 2 is 1.94 bits per heavy atom. The van der Waals surface area contributed by atoms with E-state index in [2.05, 4.69) is 5.32 Å². The third kappa shape index (κ3) is 3.87. The molecule has 2 rings (SSSR count). The van der Waals surface area contributed by atoms with Gasteiger partial charge in [0.2, 0.25) is 5.91 Å². The summed E-state index contributed by atoms with van der Waals surface area (Å²) in [5.74, 6) is 0.439. The zero-order chi connectivity index (χ0) is 12.4. The van der Waals surface area contributed by atoms with Crippen LogP contribution in [0.25, 0.3) is 0 Å². The Morgan fingerprint density at radius 3 is 2.47 bits per heavy atom. The van der Waals surface area contributed by atoms with Gasteiger partial charge < -0.3 is 11.1 Å². The minimum atomic E-state index is -0.458. The van der Waals surface area contributed by atoms with Crippen LogP contribution in [-0.4, -0.2) is 11.9 Å². The fourth-order valence-electron chi connectivity index (χ4n) is 1.68. The number of anilines is 1. The van der Waals surface area contributed by atoms with Crippen molar-refractivity contribution >= 4 is 34.8 Å². The van der Waals surface area contributed by atoms with Crippen LogP contribution in [0.2, 0.25) is 10.0 Å². The molecule has 17 heavy (non-hydrogen) atoms. The minimum absolute atomic E-state index is 0.185. The van der Waals surface area contributed by atoms with Crippen LogP contribution < -0.4 is 11.1 Å². The SMILES string of the molecule is NC(CC1CC1)C(=O)Nc1cc(Cl)cc(Cl)c1. The summed E-state index contributed by atoms with van der Waals surface area (Å²) in [4.78, 5) is 11.8. The van der Waals surface area contributed by atoms with Gasteiger partial charge >= 0.3 is 0 Å². The van der Waals surface area contributed by atoms with Crippen LogP contribution in [0, 0.1) is 5.92 Å². The van der Waals surface area contributed by atoms with Crippen LogP contribution in [0.4, 0.5) is 5.69 Å². The van der Waals surface area contributed by atoms with Gasteiger partial charge in [0.1, 0.15) is 0 Å². The zero-order valence-electron chi connectivity index (χ0n) is 9.25. The molecule has 1 fully saturated rings. The average Bonchev–Trinajstić information content (AvgIpc) is 2.99. The first-order valence-electron chi connectivity index (χ1n) is 5.57. The lowest BCUT2D eigenvalue weighted by Gasteiger charge is -2.12. The molecule has 1 unspecified atom stereocenters. The largest absolute Gasteiger partial charge is 0.325 e. The van der Waals surface area contributed by atoms with Gasteiger partial charge in [0, 0.05) is 15.7 Å². The second-order valence-corrected chi connectivity index (χ2v) is 5.31. The van der Waals surface area contributed by atoms with E-state index >= 15 is 0 Å². The monoisotopic (exact) mass is 272 g/mol. The molecule has 3 N–H and O–H groups in total. The van der Waals surface area contributed by atoms with Crippen molar-refractivity contribution in [2.45, 2.75) is 25.3 Å². The summed E-state index contributed by atoms with van der Waals surface area (Å²) in [6, 6.07) is 4.45. The smallest absolute Gasteiger partial charge is 0.241 e. The molecule has 0 spiro atoms. The number of nitrogens with one attached hydrogen (secondary N) is 1. The van der Waals surface area contributed by atoms with Crippen molar-refractivity contribution in [1.82, 2.24) is 0 Å². The molecule has 0 radical (unpaired) electrons. The molecule has 1 aromatic rings. The van der Waals surface area contributed by atoms with Crippen molar-refractivity contribution in [3.63, 3.8) is 0 Å². The van der Waals surface area contributed by atoms with Gasteiger partial charge in [-0.1, -0.05) is 36.0 Å². The van der Waals surface area contributed by atoms with E-state index in [0.717, 1.165) is 6.42 Å². The van der Waals surface area contributed by atoms with E-state index in [-0.39, 0.29) is 5.91 Å². The highest BCUT2D eigenvalue weighted by atomic mass is 35.5. The number of carbonyl (C=O) groups is 1. The van der Waals surface area contributed by atoms with E-state index in [1.807, 2.05) is 0 Å². The zero-order valence-corrected chi connectivity index (χ0v) is 10.8. The third-order valence-electron chi connectivity index (χ3n) is 2.75. The van der Waals surface area contributed by atoms with E-state index in [0.29, 0.717) is 21.7 Å². The molecule has 1 atom stereocenters. The molecule has 92 valence electrons. The molecule has 1 aromatic carbocycles. The van der Waals surface area contributed by atoms with Crippen LogP contribution in [0.5, 0.6) is 0 Å². The molecule has 1 aliphatic rings. The summed E-state index contributed by atoms with van der Waals surface area (Å²) < 4.78 is 0. The number of amides is 1. The number of hydrogen-bond acceptors (Lipinski definition) is 2. The van der Waals surface area contributed by atoms with Crippen LogP contribution in [0.15, 0.2) is 18.2 Å². The molecule has 0 bridgehead atoms. The van der Waals surface area contributed by atoms with Crippen molar-refractivity contribution in [3.8, 4) is 0 Å². The fraction of sp³-hybridized carbons (Fsp3) is 0.417. The van der Waals surface area contributed by atoms with Gasteiger partial charge in [0.15, 0.2) is 0 Å². The van der Waals surface area contributed by atoms with E-state index in [1.54, 1.807) is 18.2 Å². The molecule has 0 aromatic heterocycles. The number of nitrogens with two attached hydrogens (primary N) is 1. The molecule has 5 heteroatoms. The Hall–Kier alpha value is -0.770. The lowest BCUT2D eigenvalue weighted by molar-refractivity contribution is -0.117. The summed E-state index contributed by atoms with van der Waals surface area (Å²) in [7, 11) is 0. The summed E-state index contributed by atoms with van der Waals surface area (Å²) in [6.45, 7) is 0. The van der Waals surface area contributed by atoms with Gasteiger partial charge in [-0.15, -0.1) is 0 Å². The maximum Gasteiger partial charge on any atom is 0.241 e. The Kier molecular flexibility index (Phi) is 3.92. The first kappa shape index (κ1) is 12.7. The Morgan fingerprint density at radius 1 is 1.35 bits per heavy atom. The van der Waals surface area contributed by atoms with Gasteiger partial charge in [-0.25, -0.2) is 0 Å². The van der Waals surface area contributed by atoms with Crippen molar-refractivity contribution < 1.29 is 4.79 Å². The number of hydrogen-bond donors (Lipinski definition) is 2. The predicted molar refractivity (Wildman–Crippen MR) is 70.4 cm³/mol. The van der Waals surface area contributed by atoms with Gasteiger partial charge in [-0.05, 0) is 30.5 Å². The quantitative estimate of drug-likeness (QED) is 0.885. The molecule has 1 amide bonds. The molecule has 0 heterocycles. The molecule has 1 aliphatic carbocycles. The second-order valence-electron chi connectivity index (χ2n) is 4.43. The second kappa shape index (κ2) is 5.25. The highest BCUT2D eigenvalue weighted by Crippen LogP contribution is 2.33. The molecule has 0 saturated heterocycles. The lowest BCUT2D eigenvalue weighted by Crippen LogP contribution is -2.35. The van der Waals surface area contributed by atoms with Crippen LogP contribution in [0.1, 0.15) is 19.3 Å². The third-order valence-corrected chi connectivity index (χ3v) is 3.19. The Bertz CT molecular complexity index is 412. The topological polar surface area (TPSA) is 55.1 Å². The predicted octanol–water partition coefficient (Wildman–Crippen LogP) is 3.06. The van der Waals surface area contributed by atoms with E-state index in [9.17, 15) is 4.79 Å². The molecular weight excluding hydrogens is 259 g/mol.